The first-order valence-electron chi connectivity index (χ1n) is 25.0. The standard InChI is InChI=1S/C57H66N4O8.CO2/c1-8-11-12-13-14-15-16-17-18-27-51(60-46-25-21-19-23-40(46)42-32-39(9-2)58-52(54(42)60)36-28-38(34-62)44(35-63)48(29-36)65-4)61-47-26-22-20-24-41(47)43-33-45(57(64)69-10-3)59-53(55(43)61)37-30-49(66-5)56(68-7)50(31-37)67-6;2-1-3/h19-26,28-33,51,62-63H,8-18,27,34-35H2,1-7H3;. The lowest BCUT2D eigenvalue weighted by atomic mass is 9.99. The molecule has 0 aliphatic carbocycles. The first kappa shape index (κ1) is 52.6. The van der Waals surface area contributed by atoms with Gasteiger partial charge in [0.2, 0.25) is 5.75 Å². The summed E-state index contributed by atoms with van der Waals surface area (Å²) in [5, 5.41) is 25.1. The molecular weight excluding hydrogens is 913 g/mol. The number of ether oxygens (including phenoxy) is 5. The average Bonchev–Trinajstić information content (AvgIpc) is 3.93. The monoisotopic (exact) mass is 978 g/mol. The van der Waals surface area contributed by atoms with Gasteiger partial charge in [-0.1, -0.05) is 102 Å². The second-order valence-electron chi connectivity index (χ2n) is 17.7. The molecule has 4 aromatic heterocycles. The first-order chi connectivity index (χ1) is 35.2. The third kappa shape index (κ3) is 10.5. The van der Waals surface area contributed by atoms with Gasteiger partial charge in [-0.15, -0.1) is 0 Å². The number of rotatable bonds is 23. The Labute approximate surface area is 420 Å². The minimum Gasteiger partial charge on any atom is -0.496 e. The van der Waals surface area contributed by atoms with Gasteiger partial charge in [0.25, 0.3) is 0 Å². The summed E-state index contributed by atoms with van der Waals surface area (Å²) in [6.45, 7) is 5.78. The minimum absolute atomic E-state index is 0.182. The van der Waals surface area contributed by atoms with Crippen LogP contribution in [0.2, 0.25) is 0 Å². The van der Waals surface area contributed by atoms with Gasteiger partial charge >= 0.3 is 12.1 Å². The molecule has 4 aromatic carbocycles. The summed E-state index contributed by atoms with van der Waals surface area (Å²) in [5.41, 5.74) is 8.66. The number of hydrogen-bond donors (Lipinski definition) is 2. The summed E-state index contributed by atoms with van der Waals surface area (Å²) in [7, 11) is 6.34. The SMILES string of the molecule is CCCCCCCCCCCC(n1c2ccccc2c2cc(CC)nc(-c3cc(CO)c(CO)c(OC)c3)c21)n1c2ccccc2c2cc(C(=O)OCC)nc(-c3cc(OC)c(OC)c(OC)c3)c21.O=C=O. The molecule has 0 aliphatic rings. The van der Waals surface area contributed by atoms with E-state index in [0.29, 0.717) is 51.8 Å². The number of aromatic nitrogens is 4. The number of fused-ring (bicyclic) bond motifs is 6. The van der Waals surface area contributed by atoms with Gasteiger partial charge in [-0.3, -0.25) is 4.98 Å². The lowest BCUT2D eigenvalue weighted by Gasteiger charge is -2.27. The van der Waals surface area contributed by atoms with E-state index in [4.69, 9.17) is 43.2 Å². The minimum atomic E-state index is -0.522. The summed E-state index contributed by atoms with van der Waals surface area (Å²) >= 11 is 0. The molecule has 0 amide bonds. The fraction of sp³-hybridized carbons (Fsp3) is 0.379. The van der Waals surface area contributed by atoms with Crippen molar-refractivity contribution in [2.45, 2.75) is 111 Å². The highest BCUT2D eigenvalue weighted by Gasteiger charge is 2.30. The predicted octanol–water partition coefficient (Wildman–Crippen LogP) is 12.2. The maximum Gasteiger partial charge on any atom is 0.373 e. The molecule has 2 N–H and O–H groups in total. The van der Waals surface area contributed by atoms with Gasteiger partial charge in [0.1, 0.15) is 17.6 Å². The quantitative estimate of drug-likeness (QED) is 0.0459. The van der Waals surface area contributed by atoms with Crippen LogP contribution in [-0.4, -0.2) is 76.5 Å². The number of para-hydroxylation sites is 2. The van der Waals surface area contributed by atoms with Gasteiger partial charge < -0.3 is 43.0 Å². The third-order valence-corrected chi connectivity index (χ3v) is 13.5. The van der Waals surface area contributed by atoms with Crippen molar-refractivity contribution in [2.75, 3.05) is 35.0 Å². The Bertz CT molecular complexity index is 3150. The van der Waals surface area contributed by atoms with E-state index >= 15 is 0 Å². The zero-order valence-electron chi connectivity index (χ0n) is 42.5. The van der Waals surface area contributed by atoms with Gasteiger partial charge in [0.05, 0.1) is 81.7 Å². The number of aryl methyl sites for hydroxylation is 1. The molecule has 8 aromatic rings. The lowest BCUT2D eigenvalue weighted by Crippen LogP contribution is -2.19. The molecule has 0 aliphatic heterocycles. The number of methoxy groups -OCH3 is 4. The van der Waals surface area contributed by atoms with Crippen molar-refractivity contribution in [1.82, 2.24) is 19.1 Å². The van der Waals surface area contributed by atoms with Gasteiger partial charge in [-0.2, -0.15) is 9.59 Å². The second-order valence-corrected chi connectivity index (χ2v) is 17.7. The molecule has 0 bridgehead atoms. The predicted molar refractivity (Wildman–Crippen MR) is 280 cm³/mol. The average molecular weight is 979 g/mol. The number of unbranched alkanes of at least 4 members (excludes halogenated alkanes) is 8. The number of benzene rings is 4. The smallest absolute Gasteiger partial charge is 0.373 e. The lowest BCUT2D eigenvalue weighted by molar-refractivity contribution is -0.191. The van der Waals surface area contributed by atoms with E-state index in [1.54, 1.807) is 35.4 Å². The number of carbonyl (C=O) groups excluding carboxylic acids is 3. The molecule has 0 spiro atoms. The zero-order valence-corrected chi connectivity index (χ0v) is 42.5. The van der Waals surface area contributed by atoms with Crippen LogP contribution in [0.3, 0.4) is 0 Å². The normalized spacial score (nSPS) is 11.7. The van der Waals surface area contributed by atoms with Gasteiger partial charge in [0.15, 0.2) is 11.5 Å². The van der Waals surface area contributed by atoms with E-state index in [0.717, 1.165) is 86.2 Å². The van der Waals surface area contributed by atoms with Gasteiger partial charge in [-0.25, -0.2) is 9.78 Å². The van der Waals surface area contributed by atoms with Crippen molar-refractivity contribution < 1.29 is 48.3 Å². The van der Waals surface area contributed by atoms with E-state index in [1.807, 2.05) is 36.4 Å². The van der Waals surface area contributed by atoms with Crippen LogP contribution < -0.4 is 18.9 Å². The topological polar surface area (TPSA) is 173 Å². The highest BCUT2D eigenvalue weighted by molar-refractivity contribution is 6.15. The Hall–Kier alpha value is -7.25. The largest absolute Gasteiger partial charge is 0.496 e. The molecule has 8 rings (SSSR count). The van der Waals surface area contributed by atoms with Gasteiger partial charge in [-0.05, 0) is 80.3 Å². The molecule has 0 radical (unpaired) electrons. The molecule has 1 unspecified atom stereocenters. The summed E-state index contributed by atoms with van der Waals surface area (Å²) in [6, 6.07) is 28.6. The van der Waals surface area contributed by atoms with Crippen LogP contribution in [0.5, 0.6) is 23.0 Å². The van der Waals surface area contributed by atoms with Crippen LogP contribution in [0.1, 0.15) is 118 Å². The number of aliphatic hydroxyl groups excluding tert-OH is 2. The van der Waals surface area contributed by atoms with Crippen molar-refractivity contribution in [2.24, 2.45) is 0 Å². The maximum atomic E-state index is 13.8. The third-order valence-electron chi connectivity index (χ3n) is 13.5. The van der Waals surface area contributed by atoms with Crippen LogP contribution in [0.4, 0.5) is 0 Å². The zero-order chi connectivity index (χ0) is 51.3. The van der Waals surface area contributed by atoms with E-state index in [-0.39, 0.29) is 37.8 Å². The fourth-order valence-electron chi connectivity index (χ4n) is 10.2. The number of hydrogen-bond acceptors (Lipinski definition) is 12. The van der Waals surface area contributed by atoms with Crippen LogP contribution in [0, 0.1) is 0 Å². The van der Waals surface area contributed by atoms with Crippen molar-refractivity contribution in [1.29, 1.82) is 0 Å². The Balaban J connectivity index is 0.00000247. The fourth-order valence-corrected chi connectivity index (χ4v) is 10.2. The van der Waals surface area contributed by atoms with Crippen LogP contribution in [0.25, 0.3) is 66.1 Å². The van der Waals surface area contributed by atoms with Crippen LogP contribution in [-0.2, 0) is 34.0 Å². The highest BCUT2D eigenvalue weighted by Crippen LogP contribution is 2.47. The van der Waals surface area contributed by atoms with Crippen LogP contribution >= 0.6 is 0 Å². The molecule has 72 heavy (non-hydrogen) atoms. The summed E-state index contributed by atoms with van der Waals surface area (Å²) in [4.78, 5) is 40.7. The van der Waals surface area contributed by atoms with E-state index in [1.165, 1.54) is 38.5 Å². The van der Waals surface area contributed by atoms with Gasteiger partial charge in [0, 0.05) is 43.9 Å². The number of carbonyl (C=O) groups is 1. The highest BCUT2D eigenvalue weighted by atomic mass is 16.5. The number of esters is 1. The molecule has 4 heterocycles. The summed E-state index contributed by atoms with van der Waals surface area (Å²) in [5.74, 6) is 1.30. The molecule has 14 nitrogen and oxygen atoms in total. The molecule has 14 heteroatoms. The number of pyridine rings is 2. The molecule has 378 valence electrons. The molecule has 0 saturated carbocycles. The number of aliphatic hydroxyl groups is 2. The Morgan fingerprint density at radius 3 is 1.64 bits per heavy atom. The first-order valence-corrected chi connectivity index (χ1v) is 25.0. The van der Waals surface area contributed by atoms with E-state index in [9.17, 15) is 15.0 Å². The second kappa shape index (κ2) is 24.7. The van der Waals surface area contributed by atoms with E-state index in [2.05, 4.69) is 71.5 Å². The summed E-state index contributed by atoms with van der Waals surface area (Å²) in [6.07, 6.45) is 11.9. The maximum absolute atomic E-state index is 13.8. The van der Waals surface area contributed by atoms with Crippen molar-refractivity contribution in [3.8, 4) is 45.5 Å². The molecule has 0 saturated heterocycles. The molecular formula is C58H66N4O10. The Morgan fingerprint density at radius 2 is 1.12 bits per heavy atom. The Kier molecular flexibility index (Phi) is 18.1. The van der Waals surface area contributed by atoms with Crippen molar-refractivity contribution >= 4 is 55.7 Å². The Morgan fingerprint density at radius 1 is 0.611 bits per heavy atom. The summed E-state index contributed by atoms with van der Waals surface area (Å²) < 4.78 is 34.0. The molecule has 0 fully saturated rings. The van der Waals surface area contributed by atoms with Crippen molar-refractivity contribution in [3.05, 3.63) is 107 Å². The molecule has 1 atom stereocenters. The van der Waals surface area contributed by atoms with Crippen molar-refractivity contribution in [3.63, 3.8) is 0 Å². The van der Waals surface area contributed by atoms with E-state index < -0.39 is 5.97 Å². The number of nitrogens with zero attached hydrogens (tertiary/aromatic N) is 4. The van der Waals surface area contributed by atoms with Crippen LogP contribution in [0.15, 0.2) is 84.9 Å².